The fraction of sp³-hybridized carbons (Fsp3) is 0.900. The summed E-state index contributed by atoms with van der Waals surface area (Å²) in [7, 11) is 0. The van der Waals surface area contributed by atoms with Crippen molar-refractivity contribution in [3.63, 3.8) is 0 Å². The van der Waals surface area contributed by atoms with Gasteiger partial charge in [-0.25, -0.2) is 0 Å². The molecule has 0 aliphatic heterocycles. The van der Waals surface area contributed by atoms with Crippen LogP contribution in [0.2, 0.25) is 0 Å². The first-order valence-corrected chi connectivity index (χ1v) is 4.41. The highest BCUT2D eigenvalue weighted by Crippen LogP contribution is 2.20. The second-order valence-corrected chi connectivity index (χ2v) is 4.39. The Morgan fingerprint density at radius 3 is 2.09 bits per heavy atom. The topological polar surface area (TPSA) is 17.1 Å². The normalized spacial score (nSPS) is 14.6. The molecule has 0 aromatic rings. The van der Waals surface area contributed by atoms with Gasteiger partial charge in [0.15, 0.2) is 0 Å². The maximum Gasteiger partial charge on any atom is 0.138 e. The van der Waals surface area contributed by atoms with Gasteiger partial charge in [0.1, 0.15) is 5.78 Å². The highest BCUT2D eigenvalue weighted by molar-refractivity contribution is 5.83. The molecule has 0 fully saturated rings. The minimum Gasteiger partial charge on any atom is -0.299 e. The molecule has 0 aliphatic carbocycles. The lowest BCUT2D eigenvalue weighted by Gasteiger charge is -2.18. The van der Waals surface area contributed by atoms with Gasteiger partial charge in [0.2, 0.25) is 0 Å². The Labute approximate surface area is 70.2 Å². The average molecular weight is 156 g/mol. The minimum absolute atomic E-state index is 0.149. The molecule has 66 valence electrons. The molecule has 0 rings (SSSR count). The second-order valence-electron chi connectivity index (χ2n) is 4.39. The Morgan fingerprint density at radius 2 is 1.82 bits per heavy atom. The van der Waals surface area contributed by atoms with Gasteiger partial charge in [-0.2, -0.15) is 0 Å². The smallest absolute Gasteiger partial charge is 0.138 e. The molecule has 1 atom stereocenters. The number of Topliss-reactive ketones (excluding diaryl/α,β-unsaturated/α-hetero) is 1. The Hall–Kier alpha value is -0.330. The summed E-state index contributed by atoms with van der Waals surface area (Å²) in [5.74, 6) is 0.925. The van der Waals surface area contributed by atoms with Crippen molar-refractivity contribution in [2.75, 3.05) is 0 Å². The summed E-state index contributed by atoms with van der Waals surface area (Å²) in [5, 5.41) is 0. The average Bonchev–Trinajstić information content (AvgIpc) is 1.85. The molecular formula is C10H20O. The maximum atomic E-state index is 11.4. The van der Waals surface area contributed by atoms with Crippen LogP contribution in [-0.4, -0.2) is 5.78 Å². The van der Waals surface area contributed by atoms with Gasteiger partial charge in [-0.3, -0.25) is 4.79 Å². The number of carbonyl (C=O) groups is 1. The van der Waals surface area contributed by atoms with Gasteiger partial charge in [-0.15, -0.1) is 0 Å². The Balaban J connectivity index is 3.88. The van der Waals surface area contributed by atoms with E-state index in [0.717, 1.165) is 12.8 Å². The summed E-state index contributed by atoms with van der Waals surface area (Å²) < 4.78 is 0. The van der Waals surface area contributed by atoms with E-state index in [1.54, 1.807) is 0 Å². The van der Waals surface area contributed by atoms with E-state index in [-0.39, 0.29) is 5.41 Å². The lowest BCUT2D eigenvalue weighted by molar-refractivity contribution is -0.127. The van der Waals surface area contributed by atoms with Crippen molar-refractivity contribution in [2.24, 2.45) is 11.3 Å². The summed E-state index contributed by atoms with van der Waals surface area (Å²) in [6, 6.07) is 0. The van der Waals surface area contributed by atoms with E-state index >= 15 is 0 Å². The number of carbonyl (C=O) groups excluding carboxylic acids is 1. The number of hydrogen-bond acceptors (Lipinski definition) is 1. The van der Waals surface area contributed by atoms with Crippen LogP contribution in [-0.2, 0) is 4.79 Å². The van der Waals surface area contributed by atoms with E-state index in [9.17, 15) is 4.79 Å². The molecular weight excluding hydrogens is 136 g/mol. The predicted octanol–water partition coefficient (Wildman–Crippen LogP) is 3.04. The van der Waals surface area contributed by atoms with Crippen molar-refractivity contribution in [1.29, 1.82) is 0 Å². The van der Waals surface area contributed by atoms with Crippen LogP contribution in [0.5, 0.6) is 0 Å². The van der Waals surface area contributed by atoms with E-state index in [0.29, 0.717) is 11.7 Å². The molecule has 1 nitrogen and oxygen atoms in total. The summed E-state index contributed by atoms with van der Waals surface area (Å²) in [6.45, 7) is 10.2. The lowest BCUT2D eigenvalue weighted by Crippen LogP contribution is -2.21. The summed E-state index contributed by atoms with van der Waals surface area (Å²) in [4.78, 5) is 11.4. The van der Waals surface area contributed by atoms with Crippen molar-refractivity contribution in [3.05, 3.63) is 0 Å². The van der Waals surface area contributed by atoms with Crippen molar-refractivity contribution < 1.29 is 4.79 Å². The van der Waals surface area contributed by atoms with Crippen LogP contribution in [0.4, 0.5) is 0 Å². The third-order valence-electron chi connectivity index (χ3n) is 2.07. The predicted molar refractivity (Wildman–Crippen MR) is 48.5 cm³/mol. The first kappa shape index (κ1) is 10.7. The zero-order valence-electron chi connectivity index (χ0n) is 8.40. The molecule has 0 saturated heterocycles. The monoisotopic (exact) mass is 156 g/mol. The standard InChI is InChI=1S/C10H20O/c1-6-8(2)7-9(11)10(3,4)5/h8H,6-7H2,1-5H3/t8-/m1/s1. The molecule has 0 aromatic heterocycles. The van der Waals surface area contributed by atoms with Gasteiger partial charge >= 0.3 is 0 Å². The maximum absolute atomic E-state index is 11.4. The van der Waals surface area contributed by atoms with Crippen LogP contribution in [0.1, 0.15) is 47.5 Å². The highest BCUT2D eigenvalue weighted by Gasteiger charge is 2.21. The van der Waals surface area contributed by atoms with E-state index in [4.69, 9.17) is 0 Å². The van der Waals surface area contributed by atoms with Crippen molar-refractivity contribution in [1.82, 2.24) is 0 Å². The zero-order chi connectivity index (χ0) is 9.07. The van der Waals surface area contributed by atoms with E-state index in [1.807, 2.05) is 20.8 Å². The molecule has 0 amide bonds. The van der Waals surface area contributed by atoms with Crippen LogP contribution >= 0.6 is 0 Å². The number of hydrogen-bond donors (Lipinski definition) is 0. The van der Waals surface area contributed by atoms with Gasteiger partial charge in [0, 0.05) is 11.8 Å². The summed E-state index contributed by atoms with van der Waals surface area (Å²) >= 11 is 0. The van der Waals surface area contributed by atoms with Crippen molar-refractivity contribution in [3.8, 4) is 0 Å². The quantitative estimate of drug-likeness (QED) is 0.614. The number of rotatable bonds is 3. The van der Waals surface area contributed by atoms with Crippen molar-refractivity contribution in [2.45, 2.75) is 47.5 Å². The number of ketones is 1. The zero-order valence-corrected chi connectivity index (χ0v) is 8.40. The van der Waals surface area contributed by atoms with Gasteiger partial charge < -0.3 is 0 Å². The van der Waals surface area contributed by atoms with Gasteiger partial charge in [-0.1, -0.05) is 41.0 Å². The highest BCUT2D eigenvalue weighted by atomic mass is 16.1. The molecule has 0 N–H and O–H groups in total. The molecule has 1 heteroatoms. The van der Waals surface area contributed by atoms with Gasteiger partial charge in [-0.05, 0) is 5.92 Å². The minimum atomic E-state index is -0.149. The van der Waals surface area contributed by atoms with Crippen molar-refractivity contribution >= 4 is 5.78 Å². The van der Waals surface area contributed by atoms with Crippen LogP contribution in [0.15, 0.2) is 0 Å². The van der Waals surface area contributed by atoms with E-state index in [2.05, 4.69) is 13.8 Å². The molecule has 0 radical (unpaired) electrons. The molecule has 0 aliphatic rings. The Morgan fingerprint density at radius 1 is 1.36 bits per heavy atom. The first-order chi connectivity index (χ1) is 4.88. The van der Waals surface area contributed by atoms with Crippen LogP contribution < -0.4 is 0 Å². The lowest BCUT2D eigenvalue weighted by atomic mass is 9.85. The first-order valence-electron chi connectivity index (χ1n) is 4.41. The largest absolute Gasteiger partial charge is 0.299 e. The fourth-order valence-electron chi connectivity index (χ4n) is 0.767. The van der Waals surface area contributed by atoms with E-state index in [1.165, 1.54) is 0 Å². The molecule has 0 aromatic carbocycles. The van der Waals surface area contributed by atoms with Gasteiger partial charge in [0.25, 0.3) is 0 Å². The van der Waals surface area contributed by atoms with Gasteiger partial charge in [0.05, 0.1) is 0 Å². The Bertz CT molecular complexity index is 130. The molecule has 0 heterocycles. The molecule has 0 unspecified atom stereocenters. The van der Waals surface area contributed by atoms with Crippen LogP contribution in [0.25, 0.3) is 0 Å². The second kappa shape index (κ2) is 3.89. The summed E-state index contributed by atoms with van der Waals surface area (Å²) in [5.41, 5.74) is -0.149. The molecule has 0 bridgehead atoms. The summed E-state index contributed by atoms with van der Waals surface area (Å²) in [6.07, 6.45) is 1.84. The third kappa shape index (κ3) is 4.18. The third-order valence-corrected chi connectivity index (χ3v) is 2.07. The van der Waals surface area contributed by atoms with Crippen LogP contribution in [0.3, 0.4) is 0 Å². The molecule has 0 saturated carbocycles. The molecule has 0 spiro atoms. The van der Waals surface area contributed by atoms with Crippen LogP contribution in [0, 0.1) is 11.3 Å². The van der Waals surface area contributed by atoms with E-state index < -0.39 is 0 Å². The SMILES string of the molecule is CC[C@@H](C)CC(=O)C(C)(C)C. The fourth-order valence-corrected chi connectivity index (χ4v) is 0.767. The molecule has 11 heavy (non-hydrogen) atoms. The Kier molecular flexibility index (Phi) is 3.77.